The van der Waals surface area contributed by atoms with E-state index in [-0.39, 0.29) is 6.10 Å². The van der Waals surface area contributed by atoms with Gasteiger partial charge in [-0.25, -0.2) is 0 Å². The maximum absolute atomic E-state index is 9.39. The van der Waals surface area contributed by atoms with Crippen LogP contribution < -0.4 is 0 Å². The molecule has 3 rings (SSSR count). The van der Waals surface area contributed by atoms with Crippen LogP contribution in [0.15, 0.2) is 30.3 Å². The first kappa shape index (κ1) is 12.2. The van der Waals surface area contributed by atoms with Gasteiger partial charge in [0.15, 0.2) is 0 Å². The lowest BCUT2D eigenvalue weighted by Crippen LogP contribution is -2.59. The topological polar surface area (TPSA) is 26.7 Å². The summed E-state index contributed by atoms with van der Waals surface area (Å²) in [5.74, 6) is 0. The first-order chi connectivity index (χ1) is 8.81. The van der Waals surface area contributed by atoms with Crippen LogP contribution in [0.5, 0.6) is 0 Å². The molecule has 0 radical (unpaired) electrons. The third-order valence-corrected chi connectivity index (χ3v) is 4.14. The lowest BCUT2D eigenvalue weighted by atomic mass is 9.99. The van der Waals surface area contributed by atoms with Crippen molar-refractivity contribution >= 4 is 0 Å². The molecule has 1 aromatic rings. The van der Waals surface area contributed by atoms with E-state index in [0.29, 0.717) is 6.04 Å². The number of rotatable bonds is 3. The van der Waals surface area contributed by atoms with Gasteiger partial charge >= 0.3 is 0 Å². The van der Waals surface area contributed by atoms with Gasteiger partial charge in [0, 0.05) is 32.2 Å². The number of β-amino-alcohol motifs (C(OH)–C–C–N with tert-alkyl or cyclic N) is 1. The maximum atomic E-state index is 9.39. The highest BCUT2D eigenvalue weighted by Crippen LogP contribution is 2.22. The fourth-order valence-corrected chi connectivity index (χ4v) is 3.10. The van der Waals surface area contributed by atoms with Gasteiger partial charge in [0.05, 0.1) is 6.10 Å². The Kier molecular flexibility index (Phi) is 3.64. The van der Waals surface area contributed by atoms with Crippen molar-refractivity contribution in [3.05, 3.63) is 35.9 Å². The minimum atomic E-state index is -0.0745. The smallest absolute Gasteiger partial charge is 0.0794 e. The standard InChI is InChI=1S/C15H22N2O/c18-15-11-17(12-15)14-7-4-8-16(10-14)9-13-5-2-1-3-6-13/h1-3,5-6,14-15,18H,4,7-12H2. The van der Waals surface area contributed by atoms with Crippen molar-refractivity contribution in [1.82, 2.24) is 9.80 Å². The number of nitrogens with zero attached hydrogens (tertiary/aromatic N) is 2. The molecule has 3 heteroatoms. The lowest BCUT2D eigenvalue weighted by molar-refractivity contribution is -0.0436. The molecule has 0 saturated carbocycles. The molecule has 1 unspecified atom stereocenters. The van der Waals surface area contributed by atoms with Gasteiger partial charge < -0.3 is 5.11 Å². The highest BCUT2D eigenvalue weighted by Gasteiger charge is 2.33. The van der Waals surface area contributed by atoms with Crippen LogP contribution in [0.3, 0.4) is 0 Å². The molecule has 0 aromatic heterocycles. The number of piperidine rings is 1. The average molecular weight is 246 g/mol. The monoisotopic (exact) mass is 246 g/mol. The summed E-state index contributed by atoms with van der Waals surface area (Å²) in [5.41, 5.74) is 1.40. The number of benzene rings is 1. The molecule has 18 heavy (non-hydrogen) atoms. The molecule has 2 heterocycles. The van der Waals surface area contributed by atoms with Crippen molar-refractivity contribution < 1.29 is 5.11 Å². The maximum Gasteiger partial charge on any atom is 0.0794 e. The molecule has 98 valence electrons. The van der Waals surface area contributed by atoms with Crippen LogP contribution >= 0.6 is 0 Å². The summed E-state index contributed by atoms with van der Waals surface area (Å²) in [4.78, 5) is 4.98. The van der Waals surface area contributed by atoms with Gasteiger partial charge in [-0.05, 0) is 24.9 Å². The molecular formula is C15H22N2O. The average Bonchev–Trinajstić information content (AvgIpc) is 2.37. The van der Waals surface area contributed by atoms with Crippen LogP contribution in [-0.4, -0.2) is 53.2 Å². The van der Waals surface area contributed by atoms with Gasteiger partial charge in [0.2, 0.25) is 0 Å². The summed E-state index contributed by atoms with van der Waals surface area (Å²) >= 11 is 0. The fourth-order valence-electron chi connectivity index (χ4n) is 3.10. The summed E-state index contributed by atoms with van der Waals surface area (Å²) in [6.07, 6.45) is 2.50. The Bertz CT molecular complexity index is 375. The molecule has 2 aliphatic heterocycles. The number of hydrogen-bond acceptors (Lipinski definition) is 3. The van der Waals surface area contributed by atoms with Crippen LogP contribution in [0.25, 0.3) is 0 Å². The van der Waals surface area contributed by atoms with Crippen LogP contribution in [0.1, 0.15) is 18.4 Å². The van der Waals surface area contributed by atoms with Gasteiger partial charge in [-0.1, -0.05) is 30.3 Å². The van der Waals surface area contributed by atoms with Crippen molar-refractivity contribution in [3.8, 4) is 0 Å². The summed E-state index contributed by atoms with van der Waals surface area (Å²) in [5, 5.41) is 9.39. The van der Waals surface area contributed by atoms with Crippen LogP contribution in [0.2, 0.25) is 0 Å². The number of aliphatic hydroxyl groups is 1. The highest BCUT2D eigenvalue weighted by molar-refractivity contribution is 5.14. The minimum absolute atomic E-state index is 0.0745. The molecule has 0 spiro atoms. The molecule has 0 bridgehead atoms. The molecule has 2 aliphatic rings. The molecular weight excluding hydrogens is 224 g/mol. The first-order valence-electron chi connectivity index (χ1n) is 6.99. The second kappa shape index (κ2) is 5.39. The van der Waals surface area contributed by atoms with E-state index in [0.717, 1.165) is 26.2 Å². The van der Waals surface area contributed by atoms with E-state index in [1.54, 1.807) is 0 Å². The van der Waals surface area contributed by atoms with Crippen molar-refractivity contribution in [2.24, 2.45) is 0 Å². The molecule has 0 amide bonds. The van der Waals surface area contributed by atoms with E-state index >= 15 is 0 Å². The third-order valence-electron chi connectivity index (χ3n) is 4.14. The fraction of sp³-hybridized carbons (Fsp3) is 0.600. The van der Waals surface area contributed by atoms with Crippen LogP contribution in [-0.2, 0) is 6.54 Å². The predicted octanol–water partition coefficient (Wildman–Crippen LogP) is 1.33. The molecule has 2 fully saturated rings. The third kappa shape index (κ3) is 2.74. The Morgan fingerprint density at radius 1 is 1.11 bits per heavy atom. The van der Waals surface area contributed by atoms with Crippen LogP contribution in [0.4, 0.5) is 0 Å². The molecule has 3 nitrogen and oxygen atoms in total. The highest BCUT2D eigenvalue weighted by atomic mass is 16.3. The molecule has 1 aromatic carbocycles. The van der Waals surface area contributed by atoms with Crippen molar-refractivity contribution in [2.45, 2.75) is 31.5 Å². The van der Waals surface area contributed by atoms with E-state index in [4.69, 9.17) is 0 Å². The minimum Gasteiger partial charge on any atom is -0.390 e. The van der Waals surface area contributed by atoms with E-state index in [1.807, 2.05) is 0 Å². The number of likely N-dealkylation sites (tertiary alicyclic amines) is 2. The molecule has 1 N–H and O–H groups in total. The zero-order chi connectivity index (χ0) is 12.4. The van der Waals surface area contributed by atoms with Gasteiger partial charge in [-0.2, -0.15) is 0 Å². The molecule has 1 atom stereocenters. The van der Waals surface area contributed by atoms with Gasteiger partial charge in [-0.3, -0.25) is 9.80 Å². The first-order valence-corrected chi connectivity index (χ1v) is 6.99. The summed E-state index contributed by atoms with van der Waals surface area (Å²) in [6.45, 7) is 5.19. The van der Waals surface area contributed by atoms with E-state index in [9.17, 15) is 5.11 Å². The largest absolute Gasteiger partial charge is 0.390 e. The zero-order valence-electron chi connectivity index (χ0n) is 10.8. The number of hydrogen-bond donors (Lipinski definition) is 1. The van der Waals surface area contributed by atoms with E-state index < -0.39 is 0 Å². The quantitative estimate of drug-likeness (QED) is 0.871. The SMILES string of the molecule is OC1CN(C2CCCN(Cc3ccccc3)C2)C1. The zero-order valence-corrected chi connectivity index (χ0v) is 10.8. The second-order valence-electron chi connectivity index (χ2n) is 5.62. The van der Waals surface area contributed by atoms with Crippen LogP contribution in [0, 0.1) is 0 Å². The summed E-state index contributed by atoms with van der Waals surface area (Å²) in [6, 6.07) is 11.4. The van der Waals surface area contributed by atoms with Gasteiger partial charge in [-0.15, -0.1) is 0 Å². The van der Waals surface area contributed by atoms with Crippen molar-refractivity contribution in [1.29, 1.82) is 0 Å². The van der Waals surface area contributed by atoms with E-state index in [2.05, 4.69) is 40.1 Å². The van der Waals surface area contributed by atoms with Crippen molar-refractivity contribution in [3.63, 3.8) is 0 Å². The Morgan fingerprint density at radius 3 is 2.61 bits per heavy atom. The Hall–Kier alpha value is -0.900. The Morgan fingerprint density at radius 2 is 1.89 bits per heavy atom. The summed E-state index contributed by atoms with van der Waals surface area (Å²) in [7, 11) is 0. The van der Waals surface area contributed by atoms with Gasteiger partial charge in [0.25, 0.3) is 0 Å². The van der Waals surface area contributed by atoms with E-state index in [1.165, 1.54) is 24.9 Å². The molecule has 0 aliphatic carbocycles. The normalized spacial score (nSPS) is 27.1. The van der Waals surface area contributed by atoms with Gasteiger partial charge in [0.1, 0.15) is 0 Å². The predicted molar refractivity (Wildman–Crippen MR) is 72.3 cm³/mol. The second-order valence-corrected chi connectivity index (χ2v) is 5.62. The van der Waals surface area contributed by atoms with Crippen molar-refractivity contribution in [2.75, 3.05) is 26.2 Å². The Labute approximate surface area is 109 Å². The molecule has 2 saturated heterocycles. The lowest BCUT2D eigenvalue weighted by Gasteiger charge is -2.46. The Balaban J connectivity index is 1.54. The number of aliphatic hydroxyl groups excluding tert-OH is 1. The summed E-state index contributed by atoms with van der Waals surface area (Å²) < 4.78 is 0.